The molecule has 0 amide bonds. The number of para-hydroxylation sites is 1. The summed E-state index contributed by atoms with van der Waals surface area (Å²) in [5.41, 5.74) is 2.36. The topological polar surface area (TPSA) is 59.1 Å². The fraction of sp³-hybridized carbons (Fsp3) is 0.375. The van der Waals surface area contributed by atoms with Crippen LogP contribution >= 0.6 is 0 Å². The Morgan fingerprint density at radius 2 is 1.95 bits per heavy atom. The van der Waals surface area contributed by atoms with Gasteiger partial charge in [0.2, 0.25) is 0 Å². The summed E-state index contributed by atoms with van der Waals surface area (Å²) >= 11 is 0. The number of aromatic nitrogens is 2. The van der Waals surface area contributed by atoms with Gasteiger partial charge in [-0.3, -0.25) is 0 Å². The van der Waals surface area contributed by atoms with Gasteiger partial charge in [-0.05, 0) is 24.5 Å². The minimum absolute atomic E-state index is 0.743. The molecular weight excluding hydrogens is 264 g/mol. The lowest BCUT2D eigenvalue weighted by Crippen LogP contribution is -2.07. The van der Waals surface area contributed by atoms with Crippen molar-refractivity contribution in [3.8, 4) is 0 Å². The van der Waals surface area contributed by atoms with Crippen LogP contribution in [0.4, 0.5) is 17.3 Å². The third kappa shape index (κ3) is 4.72. The molecule has 21 heavy (non-hydrogen) atoms. The summed E-state index contributed by atoms with van der Waals surface area (Å²) in [7, 11) is 1.71. The lowest BCUT2D eigenvalue weighted by atomic mass is 10.1. The molecule has 0 unspecified atom stereocenters. The van der Waals surface area contributed by atoms with Crippen molar-refractivity contribution >= 4 is 17.3 Å². The highest BCUT2D eigenvalue weighted by atomic mass is 16.5. The summed E-state index contributed by atoms with van der Waals surface area (Å²) in [5.74, 6) is 1.61. The Morgan fingerprint density at radius 1 is 1.14 bits per heavy atom. The third-order valence-corrected chi connectivity index (χ3v) is 3.16. The van der Waals surface area contributed by atoms with Gasteiger partial charge >= 0.3 is 0 Å². The van der Waals surface area contributed by atoms with Crippen molar-refractivity contribution in [3.63, 3.8) is 0 Å². The number of nitrogens with one attached hydrogen (secondary N) is 2. The van der Waals surface area contributed by atoms with Crippen LogP contribution in [0.5, 0.6) is 0 Å². The molecule has 0 saturated carbocycles. The van der Waals surface area contributed by atoms with Crippen LogP contribution in [0.25, 0.3) is 0 Å². The molecule has 0 aliphatic rings. The molecule has 112 valence electrons. The van der Waals surface area contributed by atoms with E-state index in [1.54, 1.807) is 13.4 Å². The number of hydrogen-bond donors (Lipinski definition) is 2. The Labute approximate surface area is 125 Å². The van der Waals surface area contributed by atoms with E-state index in [0.717, 1.165) is 43.3 Å². The van der Waals surface area contributed by atoms with Crippen LogP contribution in [0.3, 0.4) is 0 Å². The zero-order valence-corrected chi connectivity index (χ0v) is 12.6. The SMILES string of the molecule is CCc1ccccc1Nc1cc(NCCCOC)ncn1. The Kier molecular flexibility index (Phi) is 5.97. The molecule has 5 nitrogen and oxygen atoms in total. The molecule has 0 atom stereocenters. The average molecular weight is 286 g/mol. The molecule has 0 aliphatic carbocycles. The highest BCUT2D eigenvalue weighted by molar-refractivity contribution is 5.62. The first-order valence-corrected chi connectivity index (χ1v) is 7.23. The summed E-state index contributed by atoms with van der Waals surface area (Å²) in [6, 6.07) is 10.2. The van der Waals surface area contributed by atoms with E-state index >= 15 is 0 Å². The van der Waals surface area contributed by atoms with E-state index in [4.69, 9.17) is 4.74 Å². The van der Waals surface area contributed by atoms with E-state index in [2.05, 4.69) is 39.7 Å². The van der Waals surface area contributed by atoms with E-state index < -0.39 is 0 Å². The molecule has 1 aromatic heterocycles. The standard InChI is InChI=1S/C16H22N4O/c1-3-13-7-4-5-8-14(13)20-16-11-15(18-12-19-16)17-9-6-10-21-2/h4-5,7-8,11-12H,3,6,9-10H2,1-2H3,(H2,17,18,19,20). The van der Waals surface area contributed by atoms with Crippen molar-refractivity contribution in [2.75, 3.05) is 30.9 Å². The minimum Gasteiger partial charge on any atom is -0.385 e. The van der Waals surface area contributed by atoms with E-state index in [-0.39, 0.29) is 0 Å². The number of methoxy groups -OCH3 is 1. The summed E-state index contributed by atoms with van der Waals surface area (Å²) in [4.78, 5) is 8.49. The maximum absolute atomic E-state index is 5.02. The summed E-state index contributed by atoms with van der Waals surface area (Å²) in [5, 5.41) is 6.61. The number of anilines is 3. The lowest BCUT2D eigenvalue weighted by molar-refractivity contribution is 0.198. The molecule has 0 saturated heterocycles. The molecule has 1 aromatic carbocycles. The Balaban J connectivity index is 2.00. The first kappa shape index (κ1) is 15.3. The Hall–Kier alpha value is -2.14. The highest BCUT2D eigenvalue weighted by Gasteiger charge is 2.02. The second kappa shape index (κ2) is 8.21. The maximum atomic E-state index is 5.02. The van der Waals surface area contributed by atoms with Gasteiger partial charge in [0.1, 0.15) is 18.0 Å². The van der Waals surface area contributed by atoms with Crippen molar-refractivity contribution in [2.24, 2.45) is 0 Å². The van der Waals surface area contributed by atoms with Crippen molar-refractivity contribution in [1.82, 2.24) is 9.97 Å². The molecule has 0 bridgehead atoms. The minimum atomic E-state index is 0.743. The van der Waals surface area contributed by atoms with E-state index in [1.165, 1.54) is 5.56 Å². The van der Waals surface area contributed by atoms with E-state index in [9.17, 15) is 0 Å². The maximum Gasteiger partial charge on any atom is 0.135 e. The Bertz CT molecular complexity index is 559. The molecule has 2 aromatic rings. The largest absolute Gasteiger partial charge is 0.385 e. The molecule has 0 aliphatic heterocycles. The molecule has 1 heterocycles. The van der Waals surface area contributed by atoms with Crippen molar-refractivity contribution in [3.05, 3.63) is 42.2 Å². The number of rotatable bonds is 8. The molecule has 5 heteroatoms. The van der Waals surface area contributed by atoms with Crippen molar-refractivity contribution in [1.29, 1.82) is 0 Å². The first-order chi connectivity index (χ1) is 10.3. The Morgan fingerprint density at radius 3 is 2.76 bits per heavy atom. The third-order valence-electron chi connectivity index (χ3n) is 3.16. The number of hydrogen-bond acceptors (Lipinski definition) is 5. The fourth-order valence-corrected chi connectivity index (χ4v) is 2.04. The van der Waals surface area contributed by atoms with Gasteiger partial charge in [0.25, 0.3) is 0 Å². The van der Waals surface area contributed by atoms with Gasteiger partial charge in [-0.1, -0.05) is 25.1 Å². The predicted octanol–water partition coefficient (Wildman–Crippen LogP) is 3.23. The van der Waals surface area contributed by atoms with Crippen LogP contribution in [-0.2, 0) is 11.2 Å². The summed E-state index contributed by atoms with van der Waals surface area (Å²) in [6.07, 6.45) is 3.49. The average Bonchev–Trinajstić information content (AvgIpc) is 2.52. The van der Waals surface area contributed by atoms with Gasteiger partial charge in [-0.2, -0.15) is 0 Å². The number of benzene rings is 1. The zero-order chi connectivity index (χ0) is 14.9. The molecule has 2 N–H and O–H groups in total. The van der Waals surface area contributed by atoms with Gasteiger partial charge in [0.15, 0.2) is 0 Å². The molecular formula is C16H22N4O. The lowest BCUT2D eigenvalue weighted by Gasteiger charge is -2.11. The van der Waals surface area contributed by atoms with E-state index in [1.807, 2.05) is 18.2 Å². The predicted molar refractivity (Wildman–Crippen MR) is 86.1 cm³/mol. The van der Waals surface area contributed by atoms with Crippen LogP contribution in [0.2, 0.25) is 0 Å². The first-order valence-electron chi connectivity index (χ1n) is 7.23. The van der Waals surface area contributed by atoms with Gasteiger partial charge in [0.05, 0.1) is 0 Å². The second-order valence-corrected chi connectivity index (χ2v) is 4.70. The van der Waals surface area contributed by atoms with Crippen LogP contribution in [-0.4, -0.2) is 30.2 Å². The number of ether oxygens (including phenoxy) is 1. The molecule has 0 fully saturated rings. The molecule has 2 rings (SSSR count). The second-order valence-electron chi connectivity index (χ2n) is 4.70. The summed E-state index contributed by atoms with van der Waals surface area (Å²) in [6.45, 7) is 3.71. The monoisotopic (exact) mass is 286 g/mol. The molecule has 0 radical (unpaired) electrons. The van der Waals surface area contributed by atoms with Crippen LogP contribution < -0.4 is 10.6 Å². The van der Waals surface area contributed by atoms with E-state index in [0.29, 0.717) is 0 Å². The van der Waals surface area contributed by atoms with Gasteiger partial charge in [0, 0.05) is 32.0 Å². The normalized spacial score (nSPS) is 10.4. The summed E-state index contributed by atoms with van der Waals surface area (Å²) < 4.78 is 5.02. The van der Waals surface area contributed by atoms with Gasteiger partial charge < -0.3 is 15.4 Å². The fourth-order valence-electron chi connectivity index (χ4n) is 2.04. The zero-order valence-electron chi connectivity index (χ0n) is 12.6. The van der Waals surface area contributed by atoms with Crippen LogP contribution in [0, 0.1) is 0 Å². The highest BCUT2D eigenvalue weighted by Crippen LogP contribution is 2.20. The number of nitrogens with zero attached hydrogens (tertiary/aromatic N) is 2. The van der Waals surface area contributed by atoms with Crippen LogP contribution in [0.15, 0.2) is 36.7 Å². The van der Waals surface area contributed by atoms with Gasteiger partial charge in [-0.25, -0.2) is 9.97 Å². The van der Waals surface area contributed by atoms with Crippen molar-refractivity contribution < 1.29 is 4.74 Å². The smallest absolute Gasteiger partial charge is 0.135 e. The van der Waals surface area contributed by atoms with Crippen molar-refractivity contribution in [2.45, 2.75) is 19.8 Å². The number of aryl methyl sites for hydroxylation is 1. The molecule has 0 spiro atoms. The quantitative estimate of drug-likeness (QED) is 0.730. The van der Waals surface area contributed by atoms with Crippen LogP contribution in [0.1, 0.15) is 18.9 Å². The van der Waals surface area contributed by atoms with Gasteiger partial charge in [-0.15, -0.1) is 0 Å².